The summed E-state index contributed by atoms with van der Waals surface area (Å²) in [6.45, 7) is 3.16. The average molecular weight is 555 g/mol. The van der Waals surface area contributed by atoms with Crippen molar-refractivity contribution in [1.82, 2.24) is 9.88 Å². The van der Waals surface area contributed by atoms with Crippen LogP contribution >= 0.6 is 23.2 Å². The second-order valence-corrected chi connectivity index (χ2v) is 9.04. The Labute approximate surface area is 221 Å². The summed E-state index contributed by atoms with van der Waals surface area (Å²) in [7, 11) is 1.07. The normalized spacial score (nSPS) is 12.2. The van der Waals surface area contributed by atoms with Gasteiger partial charge >= 0.3 is 12.1 Å². The number of nitrogens with one attached hydrogen (secondary N) is 1. The Kier molecular flexibility index (Phi) is 8.71. The van der Waals surface area contributed by atoms with E-state index in [1.54, 1.807) is 37.3 Å². The van der Waals surface area contributed by atoms with Crippen LogP contribution in [-0.2, 0) is 29.2 Å². The highest BCUT2D eigenvalue weighted by Gasteiger charge is 2.34. The number of hydrogen-bond acceptors (Lipinski definition) is 4. The number of hydrogen-bond donors (Lipinski definition) is 1. The van der Waals surface area contributed by atoms with Gasteiger partial charge in [-0.15, -0.1) is 0 Å². The largest absolute Gasteiger partial charge is 0.464 e. The number of esters is 1. The third-order valence-corrected chi connectivity index (χ3v) is 6.30. The predicted octanol–water partition coefficient (Wildman–Crippen LogP) is 5.59. The van der Waals surface area contributed by atoms with E-state index in [4.69, 9.17) is 27.9 Å². The summed E-state index contributed by atoms with van der Waals surface area (Å²) in [5.74, 6) is -1.33. The Bertz CT molecular complexity index is 1370. The molecule has 11 heteroatoms. The SMILES string of the molecule is CCOC(=O)C(Cc1ccc(-c2c(C)cc(C(F)(F)F)n(C)c2=O)cc1)NC(=O)c1c(Cl)cccc1Cl. The molecule has 3 rings (SSSR count). The van der Waals surface area contributed by atoms with Crippen molar-refractivity contribution in [3.63, 3.8) is 0 Å². The molecular formula is C26H23Cl2F3N2O4. The Morgan fingerprint density at radius 1 is 1.08 bits per heavy atom. The summed E-state index contributed by atoms with van der Waals surface area (Å²) in [6, 6.07) is 10.8. The van der Waals surface area contributed by atoms with Gasteiger partial charge in [-0.25, -0.2) is 4.79 Å². The Hall–Kier alpha value is -3.30. The molecule has 0 radical (unpaired) electrons. The molecule has 0 spiro atoms. The van der Waals surface area contributed by atoms with E-state index < -0.39 is 35.3 Å². The molecule has 1 unspecified atom stereocenters. The summed E-state index contributed by atoms with van der Waals surface area (Å²) in [5, 5.41) is 2.83. The van der Waals surface area contributed by atoms with Crippen molar-refractivity contribution < 1.29 is 27.5 Å². The molecule has 1 atom stereocenters. The lowest BCUT2D eigenvalue weighted by Gasteiger charge is -2.19. The first kappa shape index (κ1) is 28.3. The van der Waals surface area contributed by atoms with Crippen LogP contribution in [0.3, 0.4) is 0 Å². The number of benzene rings is 2. The van der Waals surface area contributed by atoms with Crippen LogP contribution in [0.4, 0.5) is 13.2 Å². The van der Waals surface area contributed by atoms with Crippen molar-refractivity contribution in [3.8, 4) is 11.1 Å². The number of aromatic nitrogens is 1. The molecule has 1 amide bonds. The number of carbonyl (C=O) groups is 2. The maximum atomic E-state index is 13.2. The molecule has 37 heavy (non-hydrogen) atoms. The van der Waals surface area contributed by atoms with Crippen molar-refractivity contribution in [3.05, 3.63) is 91.3 Å². The number of alkyl halides is 3. The summed E-state index contributed by atoms with van der Waals surface area (Å²) in [4.78, 5) is 38.1. The van der Waals surface area contributed by atoms with Crippen LogP contribution in [0, 0.1) is 6.92 Å². The minimum atomic E-state index is -4.66. The van der Waals surface area contributed by atoms with Crippen molar-refractivity contribution in [2.75, 3.05) is 6.61 Å². The number of halogens is 5. The fourth-order valence-electron chi connectivity index (χ4n) is 3.87. The van der Waals surface area contributed by atoms with E-state index in [2.05, 4.69) is 5.32 Å². The van der Waals surface area contributed by atoms with Gasteiger partial charge in [-0.05, 0) is 48.7 Å². The lowest BCUT2D eigenvalue weighted by molar-refractivity contribution is -0.145. The first-order chi connectivity index (χ1) is 17.3. The van der Waals surface area contributed by atoms with Gasteiger partial charge in [-0.3, -0.25) is 9.59 Å². The zero-order chi connectivity index (χ0) is 27.5. The maximum absolute atomic E-state index is 13.2. The van der Waals surface area contributed by atoms with E-state index in [1.165, 1.54) is 19.1 Å². The molecule has 6 nitrogen and oxygen atoms in total. The highest BCUT2D eigenvalue weighted by Crippen LogP contribution is 2.31. The zero-order valence-corrected chi connectivity index (χ0v) is 21.6. The van der Waals surface area contributed by atoms with E-state index in [-0.39, 0.29) is 39.8 Å². The van der Waals surface area contributed by atoms with Crippen LogP contribution in [0.5, 0.6) is 0 Å². The van der Waals surface area contributed by atoms with Crippen LogP contribution < -0.4 is 10.9 Å². The van der Waals surface area contributed by atoms with Crippen molar-refractivity contribution in [2.24, 2.45) is 7.05 Å². The smallest absolute Gasteiger partial charge is 0.431 e. The fourth-order valence-corrected chi connectivity index (χ4v) is 4.44. The van der Waals surface area contributed by atoms with Crippen molar-refractivity contribution >= 4 is 35.1 Å². The molecule has 0 aliphatic carbocycles. The molecule has 1 aromatic heterocycles. The minimum Gasteiger partial charge on any atom is -0.464 e. The van der Waals surface area contributed by atoms with Gasteiger partial charge in [0.2, 0.25) is 0 Å². The van der Waals surface area contributed by atoms with Gasteiger partial charge in [0, 0.05) is 13.5 Å². The third-order valence-electron chi connectivity index (χ3n) is 5.67. The number of aryl methyl sites for hydroxylation is 1. The van der Waals surface area contributed by atoms with E-state index in [0.29, 0.717) is 15.7 Å². The highest BCUT2D eigenvalue weighted by atomic mass is 35.5. The van der Waals surface area contributed by atoms with E-state index >= 15 is 0 Å². The lowest BCUT2D eigenvalue weighted by atomic mass is 9.98. The number of pyridine rings is 1. The van der Waals surface area contributed by atoms with Gasteiger partial charge in [0.15, 0.2) is 0 Å². The van der Waals surface area contributed by atoms with Gasteiger partial charge < -0.3 is 14.6 Å². The van der Waals surface area contributed by atoms with Crippen LogP contribution in [0.25, 0.3) is 11.1 Å². The monoisotopic (exact) mass is 554 g/mol. The number of carbonyl (C=O) groups excluding carboxylic acids is 2. The molecule has 0 fully saturated rings. The molecule has 196 valence electrons. The Morgan fingerprint density at radius 3 is 2.22 bits per heavy atom. The van der Waals surface area contributed by atoms with Crippen molar-refractivity contribution in [2.45, 2.75) is 32.5 Å². The summed E-state index contributed by atoms with van der Waals surface area (Å²) < 4.78 is 45.4. The average Bonchev–Trinajstić information content (AvgIpc) is 2.81. The zero-order valence-electron chi connectivity index (χ0n) is 20.1. The first-order valence-electron chi connectivity index (χ1n) is 11.1. The quantitative estimate of drug-likeness (QED) is 0.386. The van der Waals surface area contributed by atoms with Gasteiger partial charge in [-0.1, -0.05) is 53.5 Å². The molecule has 1 heterocycles. The van der Waals surface area contributed by atoms with E-state index in [1.807, 2.05) is 0 Å². The second kappa shape index (κ2) is 11.4. The molecule has 1 N–H and O–H groups in total. The Balaban J connectivity index is 1.89. The van der Waals surface area contributed by atoms with Crippen LogP contribution in [0.1, 0.15) is 34.1 Å². The molecule has 0 bridgehead atoms. The lowest BCUT2D eigenvalue weighted by Crippen LogP contribution is -2.43. The van der Waals surface area contributed by atoms with Crippen molar-refractivity contribution in [1.29, 1.82) is 0 Å². The van der Waals surface area contributed by atoms with Crippen LogP contribution in [0.15, 0.2) is 53.3 Å². The van der Waals surface area contributed by atoms with Gasteiger partial charge in [-0.2, -0.15) is 13.2 Å². The topological polar surface area (TPSA) is 77.4 Å². The molecule has 0 aliphatic heterocycles. The van der Waals surface area contributed by atoms with Crippen LogP contribution in [-0.4, -0.2) is 29.1 Å². The van der Waals surface area contributed by atoms with Gasteiger partial charge in [0.25, 0.3) is 11.5 Å². The van der Waals surface area contributed by atoms with E-state index in [9.17, 15) is 27.6 Å². The third kappa shape index (κ3) is 6.34. The number of rotatable bonds is 7. The molecule has 0 aliphatic rings. The number of nitrogens with zero attached hydrogens (tertiary/aromatic N) is 1. The molecule has 0 saturated carbocycles. The van der Waals surface area contributed by atoms with E-state index in [0.717, 1.165) is 13.1 Å². The van der Waals surface area contributed by atoms with Gasteiger partial charge in [0.1, 0.15) is 11.7 Å². The first-order valence-corrected chi connectivity index (χ1v) is 11.9. The predicted molar refractivity (Wildman–Crippen MR) is 135 cm³/mol. The maximum Gasteiger partial charge on any atom is 0.431 e. The summed E-state index contributed by atoms with van der Waals surface area (Å²) in [5.41, 5.74) is -0.481. The second-order valence-electron chi connectivity index (χ2n) is 8.23. The molecule has 2 aromatic carbocycles. The standard InChI is InChI=1S/C26H23Cl2F3N2O4/c1-4-37-25(36)19(32-23(34)22-17(27)6-5-7-18(22)28)13-15-8-10-16(11-9-15)21-14(2)12-20(26(29,30)31)33(3)24(21)35/h5-12,19H,4,13H2,1-3H3,(H,32,34). The van der Waals surface area contributed by atoms with Crippen LogP contribution in [0.2, 0.25) is 10.0 Å². The number of amides is 1. The fraction of sp³-hybridized carbons (Fsp3) is 0.269. The number of ether oxygens (including phenoxy) is 1. The Morgan fingerprint density at radius 2 is 1.68 bits per heavy atom. The summed E-state index contributed by atoms with van der Waals surface area (Å²) >= 11 is 12.2. The summed E-state index contributed by atoms with van der Waals surface area (Å²) in [6.07, 6.45) is -4.63. The highest BCUT2D eigenvalue weighted by molar-refractivity contribution is 6.39. The molecule has 3 aromatic rings. The van der Waals surface area contributed by atoms with Gasteiger partial charge in [0.05, 0.1) is 27.8 Å². The molecular weight excluding hydrogens is 532 g/mol. The minimum absolute atomic E-state index is 0.0177. The molecule has 0 saturated heterocycles.